The lowest BCUT2D eigenvalue weighted by molar-refractivity contribution is 0.189. The van der Waals surface area contributed by atoms with Crippen molar-refractivity contribution in [2.75, 3.05) is 6.61 Å². The summed E-state index contributed by atoms with van der Waals surface area (Å²) < 4.78 is 6.09. The summed E-state index contributed by atoms with van der Waals surface area (Å²) >= 11 is 0. The number of benzene rings is 1. The van der Waals surface area contributed by atoms with E-state index in [-0.39, 0.29) is 5.04 Å². The molecule has 0 aliphatic heterocycles. The molecule has 112 valence electrons. The van der Waals surface area contributed by atoms with Crippen molar-refractivity contribution < 1.29 is 9.53 Å². The van der Waals surface area contributed by atoms with E-state index in [0.717, 1.165) is 11.1 Å². The van der Waals surface area contributed by atoms with E-state index in [2.05, 4.69) is 40.4 Å². The van der Waals surface area contributed by atoms with Crippen molar-refractivity contribution in [2.45, 2.75) is 51.4 Å². The molecule has 0 spiro atoms. The van der Waals surface area contributed by atoms with Crippen LogP contribution in [0.4, 0.5) is 0 Å². The van der Waals surface area contributed by atoms with E-state index in [1.54, 1.807) is 0 Å². The Morgan fingerprint density at radius 1 is 1.25 bits per heavy atom. The predicted octanol–water partition coefficient (Wildman–Crippen LogP) is 4.17. The van der Waals surface area contributed by atoms with Crippen molar-refractivity contribution in [3.8, 4) is 0 Å². The van der Waals surface area contributed by atoms with Gasteiger partial charge < -0.3 is 9.53 Å². The van der Waals surface area contributed by atoms with Crippen molar-refractivity contribution in [3.05, 3.63) is 48.0 Å². The van der Waals surface area contributed by atoms with Gasteiger partial charge in [-0.15, -0.1) is 0 Å². The van der Waals surface area contributed by atoms with E-state index < -0.39 is 14.4 Å². The van der Waals surface area contributed by atoms with Crippen LogP contribution in [0.1, 0.15) is 26.3 Å². The zero-order valence-electron chi connectivity index (χ0n) is 13.4. The van der Waals surface area contributed by atoms with Crippen LogP contribution in [0.15, 0.2) is 42.5 Å². The number of rotatable bonds is 6. The lowest BCUT2D eigenvalue weighted by atomic mass is 10.0. The van der Waals surface area contributed by atoms with Gasteiger partial charge in [0.1, 0.15) is 0 Å². The van der Waals surface area contributed by atoms with Gasteiger partial charge >= 0.3 is 0 Å². The Bertz CT molecular complexity index is 432. The third kappa shape index (κ3) is 4.89. The fourth-order valence-electron chi connectivity index (χ4n) is 1.57. The minimum absolute atomic E-state index is 0.178. The molecule has 0 radical (unpaired) electrons. The molecule has 1 atom stereocenters. The molecule has 0 aliphatic carbocycles. The second-order valence-corrected chi connectivity index (χ2v) is 11.7. The standard InChI is InChI=1S/C17H28O2Si/c1-14(13-19-20(5,6)17(2,3)4)16(18)12-15-10-8-7-9-11-15/h7-11,16,18H,1,12-13H2,2-6H3/t16-/m0/s1. The molecule has 1 aromatic rings. The normalized spacial score (nSPS) is 14.1. The van der Waals surface area contributed by atoms with Gasteiger partial charge in [0.15, 0.2) is 8.32 Å². The first-order valence-electron chi connectivity index (χ1n) is 7.17. The third-order valence-corrected chi connectivity index (χ3v) is 8.65. The molecular formula is C17H28O2Si. The molecule has 20 heavy (non-hydrogen) atoms. The summed E-state index contributed by atoms with van der Waals surface area (Å²) in [4.78, 5) is 0. The zero-order valence-corrected chi connectivity index (χ0v) is 14.4. The number of aliphatic hydroxyl groups is 1. The van der Waals surface area contributed by atoms with Crippen LogP contribution in [-0.2, 0) is 10.8 Å². The van der Waals surface area contributed by atoms with Crippen LogP contribution in [0.25, 0.3) is 0 Å². The predicted molar refractivity (Wildman–Crippen MR) is 88.4 cm³/mol. The molecular weight excluding hydrogens is 264 g/mol. The van der Waals surface area contributed by atoms with E-state index in [0.29, 0.717) is 13.0 Å². The van der Waals surface area contributed by atoms with Crippen molar-refractivity contribution in [2.24, 2.45) is 0 Å². The fourth-order valence-corrected chi connectivity index (χ4v) is 2.55. The minimum Gasteiger partial charge on any atom is -0.413 e. The van der Waals surface area contributed by atoms with Crippen LogP contribution in [0.2, 0.25) is 18.1 Å². The lowest BCUT2D eigenvalue weighted by Crippen LogP contribution is -2.41. The molecule has 0 saturated carbocycles. The Kier molecular flexibility index (Phi) is 5.75. The Hall–Kier alpha value is -0.903. The lowest BCUT2D eigenvalue weighted by Gasteiger charge is -2.36. The topological polar surface area (TPSA) is 29.5 Å². The SMILES string of the molecule is C=C(CO[Si](C)(C)C(C)(C)C)[C@@H](O)Cc1ccccc1. The number of hydrogen-bond donors (Lipinski definition) is 1. The Morgan fingerprint density at radius 3 is 2.30 bits per heavy atom. The summed E-state index contributed by atoms with van der Waals surface area (Å²) in [5, 5.41) is 10.4. The van der Waals surface area contributed by atoms with Gasteiger partial charge in [0.25, 0.3) is 0 Å². The molecule has 0 amide bonds. The molecule has 0 unspecified atom stereocenters. The van der Waals surface area contributed by atoms with Crippen molar-refractivity contribution in [3.63, 3.8) is 0 Å². The Balaban J connectivity index is 2.51. The van der Waals surface area contributed by atoms with Gasteiger partial charge in [-0.25, -0.2) is 0 Å². The van der Waals surface area contributed by atoms with Gasteiger partial charge in [-0.1, -0.05) is 57.7 Å². The van der Waals surface area contributed by atoms with Gasteiger partial charge in [-0.3, -0.25) is 0 Å². The summed E-state index contributed by atoms with van der Waals surface area (Å²) in [6, 6.07) is 9.98. The van der Waals surface area contributed by atoms with Gasteiger partial charge in [0.05, 0.1) is 12.7 Å². The summed E-state index contributed by atoms with van der Waals surface area (Å²) in [7, 11) is -1.78. The molecule has 1 aromatic carbocycles. The van der Waals surface area contributed by atoms with Crippen molar-refractivity contribution in [1.29, 1.82) is 0 Å². The highest BCUT2D eigenvalue weighted by Gasteiger charge is 2.37. The first-order valence-corrected chi connectivity index (χ1v) is 10.1. The summed E-state index contributed by atoms with van der Waals surface area (Å²) in [5.41, 5.74) is 1.88. The zero-order chi connectivity index (χ0) is 15.4. The molecule has 1 rings (SSSR count). The second-order valence-electron chi connectivity index (χ2n) is 6.91. The molecule has 0 saturated heterocycles. The highest BCUT2D eigenvalue weighted by molar-refractivity contribution is 6.74. The smallest absolute Gasteiger partial charge is 0.192 e. The highest BCUT2D eigenvalue weighted by Crippen LogP contribution is 2.36. The molecule has 3 heteroatoms. The van der Waals surface area contributed by atoms with Crippen LogP contribution < -0.4 is 0 Å². The maximum atomic E-state index is 10.2. The quantitative estimate of drug-likeness (QED) is 0.630. The Labute approximate surface area is 124 Å². The maximum Gasteiger partial charge on any atom is 0.192 e. The van der Waals surface area contributed by atoms with Gasteiger partial charge in [0.2, 0.25) is 0 Å². The van der Waals surface area contributed by atoms with Crippen LogP contribution in [0, 0.1) is 0 Å². The van der Waals surface area contributed by atoms with Crippen molar-refractivity contribution >= 4 is 8.32 Å². The van der Waals surface area contributed by atoms with Crippen LogP contribution in [-0.4, -0.2) is 26.1 Å². The molecule has 2 nitrogen and oxygen atoms in total. The van der Waals surface area contributed by atoms with Gasteiger partial charge in [-0.2, -0.15) is 0 Å². The molecule has 0 heterocycles. The molecule has 0 aliphatic rings. The summed E-state index contributed by atoms with van der Waals surface area (Å²) in [6.07, 6.45) is 0.0581. The largest absolute Gasteiger partial charge is 0.413 e. The van der Waals surface area contributed by atoms with E-state index in [1.807, 2.05) is 30.3 Å². The average Bonchev–Trinajstić information content (AvgIpc) is 2.35. The minimum atomic E-state index is -1.78. The van der Waals surface area contributed by atoms with E-state index in [1.165, 1.54) is 0 Å². The van der Waals surface area contributed by atoms with Gasteiger partial charge in [0, 0.05) is 6.42 Å². The number of aliphatic hydroxyl groups excluding tert-OH is 1. The highest BCUT2D eigenvalue weighted by atomic mass is 28.4. The van der Waals surface area contributed by atoms with Crippen molar-refractivity contribution in [1.82, 2.24) is 0 Å². The maximum absolute atomic E-state index is 10.2. The van der Waals surface area contributed by atoms with Gasteiger partial charge in [-0.05, 0) is 29.3 Å². The summed E-state index contributed by atoms with van der Waals surface area (Å²) in [6.45, 7) is 15.5. The third-order valence-electron chi connectivity index (χ3n) is 4.17. The monoisotopic (exact) mass is 292 g/mol. The van der Waals surface area contributed by atoms with E-state index >= 15 is 0 Å². The molecule has 0 bridgehead atoms. The number of hydrogen-bond acceptors (Lipinski definition) is 2. The van der Waals surface area contributed by atoms with Crippen LogP contribution in [0.3, 0.4) is 0 Å². The first-order chi connectivity index (χ1) is 9.13. The van der Waals surface area contributed by atoms with Crippen LogP contribution >= 0.6 is 0 Å². The summed E-state index contributed by atoms with van der Waals surface area (Å²) in [5.74, 6) is 0. The molecule has 1 N–H and O–H groups in total. The van der Waals surface area contributed by atoms with E-state index in [4.69, 9.17) is 4.43 Å². The fraction of sp³-hybridized carbons (Fsp3) is 0.529. The average molecular weight is 292 g/mol. The Morgan fingerprint density at radius 2 is 1.80 bits per heavy atom. The van der Waals surface area contributed by atoms with E-state index in [9.17, 15) is 5.11 Å². The molecule has 0 aromatic heterocycles. The second kappa shape index (κ2) is 6.70. The molecule has 0 fully saturated rings. The first kappa shape index (κ1) is 17.1. The van der Waals surface area contributed by atoms with Crippen LogP contribution in [0.5, 0.6) is 0 Å².